The van der Waals surface area contributed by atoms with Crippen LogP contribution in [-0.2, 0) is 22.4 Å². The van der Waals surface area contributed by atoms with Crippen LogP contribution in [0.2, 0.25) is 0 Å². The fourth-order valence-electron chi connectivity index (χ4n) is 4.36. The molecule has 238 valence electrons. The molecule has 0 atom stereocenters. The number of carbonyl (C=O) groups excluding carboxylic acids is 2. The largest absolute Gasteiger partial charge is 0.508 e. The molecular weight excluding hydrogens is 588 g/mol. The van der Waals surface area contributed by atoms with Gasteiger partial charge in [0.15, 0.2) is 28.8 Å². The molecule has 0 unspecified atom stereocenters. The fraction of sp³-hybridized carbons (Fsp3) is 0.167. The number of phenolic OH excluding ortho intramolecular Hbond substituents is 3. The first-order valence-electron chi connectivity index (χ1n) is 14.5. The molecule has 0 aromatic heterocycles. The second-order valence-corrected chi connectivity index (χ2v) is 10.2. The minimum absolute atomic E-state index is 0.0342. The third-order valence-corrected chi connectivity index (χ3v) is 6.84. The fourth-order valence-corrected chi connectivity index (χ4v) is 4.36. The number of aromatic hydroxyl groups is 3. The van der Waals surface area contributed by atoms with Gasteiger partial charge < -0.3 is 40.2 Å². The molecule has 10 nitrogen and oxygen atoms in total. The van der Waals surface area contributed by atoms with Gasteiger partial charge in [0.1, 0.15) is 11.5 Å². The number of rotatable bonds is 14. The van der Waals surface area contributed by atoms with E-state index in [9.17, 15) is 24.9 Å². The highest BCUT2D eigenvalue weighted by Gasteiger charge is 2.16. The zero-order chi connectivity index (χ0) is 32.9. The van der Waals surface area contributed by atoms with Crippen molar-refractivity contribution in [1.82, 2.24) is 10.6 Å². The van der Waals surface area contributed by atoms with Crippen LogP contribution in [0.4, 0.5) is 0 Å². The predicted octanol–water partition coefficient (Wildman–Crippen LogP) is 4.97. The number of amides is 2. The third-order valence-electron chi connectivity index (χ3n) is 6.84. The lowest BCUT2D eigenvalue weighted by Crippen LogP contribution is -2.29. The van der Waals surface area contributed by atoms with Crippen molar-refractivity contribution in [2.75, 3.05) is 27.3 Å². The van der Waals surface area contributed by atoms with Crippen LogP contribution >= 0.6 is 0 Å². The van der Waals surface area contributed by atoms with E-state index < -0.39 is 5.91 Å². The number of hydrogen-bond acceptors (Lipinski definition) is 8. The Morgan fingerprint density at radius 1 is 0.674 bits per heavy atom. The van der Waals surface area contributed by atoms with E-state index in [4.69, 9.17) is 14.2 Å². The maximum Gasteiger partial charge on any atom is 0.287 e. The van der Waals surface area contributed by atoms with Crippen molar-refractivity contribution in [1.29, 1.82) is 0 Å². The number of methoxy groups -OCH3 is 2. The van der Waals surface area contributed by atoms with Crippen molar-refractivity contribution < 1.29 is 39.1 Å². The van der Waals surface area contributed by atoms with Crippen LogP contribution in [0.5, 0.6) is 34.5 Å². The Hall–Kier alpha value is -5.90. The summed E-state index contributed by atoms with van der Waals surface area (Å²) in [6.45, 7) is 0.740. The molecular formula is C36H36N2O8. The standard InChI is InChI=1S/C36H36N2O8/c1-44-32-22-27(7-14-30(32)41)23-34(36(43)38-20-18-25-5-12-29(40)13-6-25)46-31-15-8-26(21-33(31)45-2)9-16-35(42)37-19-17-24-3-10-28(39)11-4-24/h3-16,21-23,39-41H,17-20H2,1-2H3,(H,37,42)(H,38,43). The van der Waals surface area contributed by atoms with Gasteiger partial charge in [0.2, 0.25) is 5.91 Å². The van der Waals surface area contributed by atoms with Crippen LogP contribution in [-0.4, -0.2) is 54.4 Å². The summed E-state index contributed by atoms with van der Waals surface area (Å²) in [6, 6.07) is 23.2. The van der Waals surface area contributed by atoms with Gasteiger partial charge in [-0.05, 0) is 95.8 Å². The van der Waals surface area contributed by atoms with Gasteiger partial charge >= 0.3 is 0 Å². The minimum Gasteiger partial charge on any atom is -0.508 e. The van der Waals surface area contributed by atoms with Crippen LogP contribution in [0.3, 0.4) is 0 Å². The SMILES string of the molecule is COc1cc(C=C(Oc2ccc(C=CC(=O)NCCc3ccc(O)cc3)cc2OC)C(=O)NCCc2ccc(O)cc2)ccc1O. The third kappa shape index (κ3) is 9.81. The van der Waals surface area contributed by atoms with E-state index in [2.05, 4.69) is 10.6 Å². The summed E-state index contributed by atoms with van der Waals surface area (Å²) in [6.07, 6.45) is 5.72. The average molecular weight is 625 g/mol. The van der Waals surface area contributed by atoms with Gasteiger partial charge in [0.25, 0.3) is 5.91 Å². The zero-order valence-electron chi connectivity index (χ0n) is 25.5. The zero-order valence-corrected chi connectivity index (χ0v) is 25.5. The van der Waals surface area contributed by atoms with E-state index in [0.29, 0.717) is 42.8 Å². The Morgan fingerprint density at radius 3 is 1.85 bits per heavy atom. The van der Waals surface area contributed by atoms with E-state index in [1.807, 2.05) is 0 Å². The lowest BCUT2D eigenvalue weighted by molar-refractivity contribution is -0.119. The normalized spacial score (nSPS) is 11.2. The molecule has 10 heteroatoms. The smallest absolute Gasteiger partial charge is 0.287 e. The number of benzene rings is 4. The minimum atomic E-state index is -0.485. The van der Waals surface area contributed by atoms with E-state index in [1.54, 1.807) is 84.9 Å². The lowest BCUT2D eigenvalue weighted by Gasteiger charge is -2.14. The average Bonchev–Trinajstić information content (AvgIpc) is 3.06. The maximum atomic E-state index is 13.3. The first kappa shape index (κ1) is 33.0. The molecule has 0 saturated heterocycles. The molecule has 0 spiro atoms. The van der Waals surface area contributed by atoms with Crippen molar-refractivity contribution >= 4 is 24.0 Å². The number of ether oxygens (including phenoxy) is 3. The summed E-state index contributed by atoms with van der Waals surface area (Å²) in [5.41, 5.74) is 3.15. The molecule has 4 aromatic carbocycles. The molecule has 0 aliphatic carbocycles. The summed E-state index contributed by atoms with van der Waals surface area (Å²) in [5.74, 6) is 0.361. The van der Waals surface area contributed by atoms with Crippen LogP contribution < -0.4 is 24.8 Å². The number of hydrogen-bond donors (Lipinski definition) is 5. The Balaban J connectivity index is 1.46. The number of carbonyl (C=O) groups is 2. The molecule has 0 heterocycles. The van der Waals surface area contributed by atoms with Gasteiger partial charge in [0.05, 0.1) is 14.2 Å². The molecule has 4 aromatic rings. The summed E-state index contributed by atoms with van der Waals surface area (Å²) >= 11 is 0. The summed E-state index contributed by atoms with van der Waals surface area (Å²) < 4.78 is 16.8. The summed E-state index contributed by atoms with van der Waals surface area (Å²) in [4.78, 5) is 25.7. The lowest BCUT2D eigenvalue weighted by atomic mass is 10.1. The molecule has 5 N–H and O–H groups in total. The second kappa shape index (κ2) is 16.2. The molecule has 0 saturated carbocycles. The van der Waals surface area contributed by atoms with Gasteiger partial charge in [-0.15, -0.1) is 0 Å². The highest BCUT2D eigenvalue weighted by atomic mass is 16.5. The van der Waals surface area contributed by atoms with Gasteiger partial charge in [-0.2, -0.15) is 0 Å². The molecule has 2 amide bonds. The van der Waals surface area contributed by atoms with Gasteiger partial charge in [-0.25, -0.2) is 0 Å². The Morgan fingerprint density at radius 2 is 1.24 bits per heavy atom. The van der Waals surface area contributed by atoms with Crippen molar-refractivity contribution in [2.45, 2.75) is 12.8 Å². The van der Waals surface area contributed by atoms with Crippen molar-refractivity contribution in [3.05, 3.63) is 119 Å². The van der Waals surface area contributed by atoms with Crippen LogP contribution in [0.15, 0.2) is 96.8 Å². The quantitative estimate of drug-likeness (QED) is 0.0977. The second-order valence-electron chi connectivity index (χ2n) is 10.2. The molecule has 0 aliphatic heterocycles. The van der Waals surface area contributed by atoms with E-state index in [1.165, 1.54) is 32.4 Å². The van der Waals surface area contributed by atoms with Crippen LogP contribution in [0, 0.1) is 0 Å². The Labute approximate surface area is 267 Å². The Bertz CT molecular complexity index is 1700. The molecule has 0 bridgehead atoms. The van der Waals surface area contributed by atoms with Gasteiger partial charge in [-0.3, -0.25) is 9.59 Å². The highest BCUT2D eigenvalue weighted by molar-refractivity contribution is 5.96. The summed E-state index contributed by atoms with van der Waals surface area (Å²) in [5, 5.41) is 34.6. The van der Waals surface area contributed by atoms with Crippen molar-refractivity contribution in [3.63, 3.8) is 0 Å². The molecule has 0 fully saturated rings. The predicted molar refractivity (Wildman–Crippen MR) is 175 cm³/mol. The van der Waals surface area contributed by atoms with Gasteiger partial charge in [-0.1, -0.05) is 36.4 Å². The highest BCUT2D eigenvalue weighted by Crippen LogP contribution is 2.32. The van der Waals surface area contributed by atoms with Gasteiger partial charge in [0, 0.05) is 19.2 Å². The van der Waals surface area contributed by atoms with E-state index in [-0.39, 0.29) is 40.4 Å². The topological polar surface area (TPSA) is 147 Å². The molecule has 0 radical (unpaired) electrons. The monoisotopic (exact) mass is 624 g/mol. The van der Waals surface area contributed by atoms with Crippen molar-refractivity contribution in [2.24, 2.45) is 0 Å². The van der Waals surface area contributed by atoms with Crippen molar-refractivity contribution in [3.8, 4) is 34.5 Å². The molecule has 4 rings (SSSR count). The number of phenols is 3. The maximum absolute atomic E-state index is 13.3. The number of nitrogens with one attached hydrogen (secondary N) is 2. The van der Waals surface area contributed by atoms with Crippen LogP contribution in [0.1, 0.15) is 22.3 Å². The van der Waals surface area contributed by atoms with E-state index in [0.717, 1.165) is 11.1 Å². The first-order chi connectivity index (χ1) is 22.2. The first-order valence-corrected chi connectivity index (χ1v) is 14.5. The Kier molecular flexibility index (Phi) is 11.7. The van der Waals surface area contributed by atoms with E-state index >= 15 is 0 Å². The van der Waals surface area contributed by atoms with Crippen LogP contribution in [0.25, 0.3) is 12.2 Å². The molecule has 46 heavy (non-hydrogen) atoms. The molecule has 0 aliphatic rings. The summed E-state index contributed by atoms with van der Waals surface area (Å²) in [7, 11) is 2.90.